The predicted molar refractivity (Wildman–Crippen MR) is 142 cm³/mol. The molecule has 1 aromatic carbocycles. The Morgan fingerprint density at radius 3 is 2.87 bits per heavy atom. The molecule has 2 saturated carbocycles. The third-order valence-electron chi connectivity index (χ3n) is 9.97. The number of aromatic nitrogens is 2. The fraction of sp³-hybridized carbons (Fsp3) is 0.593. The van der Waals surface area contributed by atoms with Gasteiger partial charge in [-0.25, -0.2) is 15.4 Å². The highest BCUT2D eigenvalue weighted by Crippen LogP contribution is 2.65. The number of methoxy groups -OCH3 is 1. The second kappa shape index (κ2) is 8.17. The Hall–Kier alpha value is -2.66. The third kappa shape index (κ3) is 3.27. The topological polar surface area (TPSA) is 113 Å². The van der Waals surface area contributed by atoms with Gasteiger partial charge in [-0.15, -0.1) is 0 Å². The Kier molecular flexibility index (Phi) is 5.00. The summed E-state index contributed by atoms with van der Waals surface area (Å²) in [6, 6.07) is 6.26. The number of carbonyl (C=O) groups excluding carboxylic acids is 1. The van der Waals surface area contributed by atoms with Gasteiger partial charge in [-0.05, 0) is 61.3 Å². The van der Waals surface area contributed by atoms with Crippen LogP contribution in [0.1, 0.15) is 31.2 Å². The van der Waals surface area contributed by atoms with Crippen LogP contribution in [0.3, 0.4) is 0 Å². The van der Waals surface area contributed by atoms with Gasteiger partial charge < -0.3 is 25.0 Å². The van der Waals surface area contributed by atoms with Gasteiger partial charge in [0, 0.05) is 30.7 Å². The fourth-order valence-electron chi connectivity index (χ4n) is 7.83. The van der Waals surface area contributed by atoms with Crippen LogP contribution in [0.5, 0.6) is 5.75 Å². The first-order valence-corrected chi connectivity index (χ1v) is 14.0. The van der Waals surface area contributed by atoms with Crippen molar-refractivity contribution in [1.29, 1.82) is 0 Å². The molecule has 8 rings (SSSR count). The van der Waals surface area contributed by atoms with E-state index in [2.05, 4.69) is 36.4 Å². The van der Waals surface area contributed by atoms with Crippen molar-refractivity contribution < 1.29 is 14.3 Å². The molecule has 0 bridgehead atoms. The number of halogens is 1. The van der Waals surface area contributed by atoms with Crippen molar-refractivity contribution in [2.24, 2.45) is 23.2 Å². The molecule has 5 fully saturated rings. The minimum absolute atomic E-state index is 0.0249. The molecule has 38 heavy (non-hydrogen) atoms. The van der Waals surface area contributed by atoms with Crippen molar-refractivity contribution in [3.05, 3.63) is 35.1 Å². The number of ether oxygens (including phenoxy) is 2. The Morgan fingerprint density at radius 1 is 1.21 bits per heavy atom. The van der Waals surface area contributed by atoms with Crippen molar-refractivity contribution in [3.63, 3.8) is 0 Å². The second-order valence-corrected chi connectivity index (χ2v) is 12.5. The molecule has 4 unspecified atom stereocenters. The molecule has 2 aromatic rings. The Morgan fingerprint density at radius 2 is 2.08 bits per heavy atom. The largest absolute Gasteiger partial charge is 0.497 e. The van der Waals surface area contributed by atoms with Gasteiger partial charge in [0.15, 0.2) is 11.6 Å². The van der Waals surface area contributed by atoms with Crippen molar-refractivity contribution in [1.82, 2.24) is 20.8 Å². The normalized spacial score (nSPS) is 35.8. The van der Waals surface area contributed by atoms with Crippen LogP contribution in [0, 0.1) is 23.2 Å². The van der Waals surface area contributed by atoms with Gasteiger partial charge >= 0.3 is 0 Å². The van der Waals surface area contributed by atoms with E-state index in [4.69, 9.17) is 21.1 Å². The molecule has 4 N–H and O–H groups in total. The number of amides is 1. The summed E-state index contributed by atoms with van der Waals surface area (Å²) in [6.45, 7) is 3.51. The average Bonchev–Trinajstić information content (AvgIpc) is 3.42. The number of hydrogen-bond donors (Lipinski definition) is 4. The lowest BCUT2D eigenvalue weighted by Crippen LogP contribution is -2.66. The molecule has 2 spiro atoms. The summed E-state index contributed by atoms with van der Waals surface area (Å²) < 4.78 is 10.9. The first-order valence-electron chi connectivity index (χ1n) is 13.6. The molecule has 11 heteroatoms. The fourth-order valence-corrected chi connectivity index (χ4v) is 8.10. The number of nitrogens with zero attached hydrogens (tertiary/aromatic N) is 3. The molecule has 10 nitrogen and oxygen atoms in total. The molecule has 200 valence electrons. The molecular weight excluding hydrogens is 506 g/mol. The molecule has 1 aromatic heterocycles. The van der Waals surface area contributed by atoms with Gasteiger partial charge in [-0.3, -0.25) is 10.2 Å². The summed E-state index contributed by atoms with van der Waals surface area (Å²) in [5.74, 6) is 3.68. The third-order valence-corrected chi connectivity index (χ3v) is 10.3. The molecule has 3 saturated heterocycles. The minimum atomic E-state index is -0.392. The second-order valence-electron chi connectivity index (χ2n) is 12.1. The molecule has 2 aliphatic carbocycles. The summed E-state index contributed by atoms with van der Waals surface area (Å²) >= 11 is 6.79. The van der Waals surface area contributed by atoms with Crippen molar-refractivity contribution in [3.8, 4) is 5.75 Å². The van der Waals surface area contributed by atoms with Gasteiger partial charge in [0.1, 0.15) is 17.1 Å². The average molecular weight is 538 g/mol. The molecule has 6 atom stereocenters. The zero-order valence-corrected chi connectivity index (χ0v) is 22.1. The lowest BCUT2D eigenvalue weighted by atomic mass is 9.74. The Labute approximate surface area is 226 Å². The lowest BCUT2D eigenvalue weighted by Gasteiger charge is -2.55. The van der Waals surface area contributed by atoms with Crippen LogP contribution in [0.4, 0.5) is 17.3 Å². The van der Waals surface area contributed by atoms with E-state index in [0.29, 0.717) is 34.6 Å². The number of hydrazine groups is 1. The van der Waals surface area contributed by atoms with Crippen LogP contribution in [0.2, 0.25) is 5.02 Å². The number of anilines is 3. The van der Waals surface area contributed by atoms with Crippen LogP contribution in [-0.4, -0.2) is 61.5 Å². The van der Waals surface area contributed by atoms with E-state index in [0.717, 1.165) is 74.8 Å². The number of fused-ring (bicyclic) bond motifs is 3. The van der Waals surface area contributed by atoms with E-state index in [9.17, 15) is 4.79 Å². The summed E-state index contributed by atoms with van der Waals surface area (Å²) in [5, 5.41) is 7.25. The van der Waals surface area contributed by atoms with Crippen LogP contribution >= 0.6 is 11.6 Å². The van der Waals surface area contributed by atoms with Crippen LogP contribution < -0.4 is 31.1 Å². The van der Waals surface area contributed by atoms with E-state index < -0.39 is 5.41 Å². The first kappa shape index (κ1) is 23.2. The molecule has 5 heterocycles. The summed E-state index contributed by atoms with van der Waals surface area (Å²) in [7, 11) is 1.67. The number of hydrogen-bond acceptors (Lipinski definition) is 9. The number of nitrogens with one attached hydrogen (secondary N) is 4. The van der Waals surface area contributed by atoms with Gasteiger partial charge in [0.2, 0.25) is 5.91 Å². The van der Waals surface area contributed by atoms with Gasteiger partial charge in [0.05, 0.1) is 37.3 Å². The maximum atomic E-state index is 13.1. The lowest BCUT2D eigenvalue weighted by molar-refractivity contribution is -0.127. The van der Waals surface area contributed by atoms with Gasteiger partial charge in [0.25, 0.3) is 0 Å². The SMILES string of the molecule is COc1ccc2c(c1)[C@]1(C[C@H]1C1CCC3C(C1)NNC3Nc1ncnc(N3CC4(COC4)C3)c1Cl)C(=O)N2. The van der Waals surface area contributed by atoms with Gasteiger partial charge in [-0.2, -0.15) is 0 Å². The Balaban J connectivity index is 0.941. The van der Waals surface area contributed by atoms with E-state index in [-0.39, 0.29) is 17.5 Å². The standard InChI is InChI=1S/C27H32ClN7O3/c1-37-15-3-5-19-17(7-15)27(25(36)31-19)8-18(27)14-2-4-16-20(6-14)33-34-22(16)32-23-21(28)24(30-13-29-23)35-9-26(10-35)11-38-12-26/h3,5,7,13-14,16,18,20,22,33-34H,2,4,6,8-12H2,1H3,(H,31,36)(H,29,30,32)/t14?,16?,18-,20?,22?,27-/m0/s1. The summed E-state index contributed by atoms with van der Waals surface area (Å²) in [4.78, 5) is 24.3. The maximum absolute atomic E-state index is 13.1. The number of benzene rings is 1. The number of rotatable bonds is 5. The van der Waals surface area contributed by atoms with Gasteiger partial charge in [-0.1, -0.05) is 11.6 Å². The van der Waals surface area contributed by atoms with E-state index in [1.165, 1.54) is 0 Å². The Bertz CT molecular complexity index is 1310. The van der Waals surface area contributed by atoms with E-state index in [1.54, 1.807) is 13.4 Å². The summed E-state index contributed by atoms with van der Waals surface area (Å²) in [5.41, 5.74) is 8.93. The molecule has 4 aliphatic heterocycles. The summed E-state index contributed by atoms with van der Waals surface area (Å²) in [6.07, 6.45) is 5.74. The monoisotopic (exact) mass is 537 g/mol. The zero-order valence-electron chi connectivity index (χ0n) is 21.3. The first-order chi connectivity index (χ1) is 18.5. The predicted octanol–water partition coefficient (Wildman–Crippen LogP) is 2.52. The highest BCUT2D eigenvalue weighted by Gasteiger charge is 2.67. The van der Waals surface area contributed by atoms with Crippen molar-refractivity contribution >= 4 is 34.8 Å². The van der Waals surface area contributed by atoms with Crippen molar-refractivity contribution in [2.45, 2.75) is 43.3 Å². The molecular formula is C27H32ClN7O3. The molecule has 0 radical (unpaired) electrons. The minimum Gasteiger partial charge on any atom is -0.497 e. The van der Waals surface area contributed by atoms with Crippen LogP contribution in [0.25, 0.3) is 0 Å². The quantitative estimate of drug-likeness (QED) is 0.457. The van der Waals surface area contributed by atoms with E-state index >= 15 is 0 Å². The van der Waals surface area contributed by atoms with E-state index in [1.807, 2.05) is 18.2 Å². The molecule has 6 aliphatic rings. The zero-order chi connectivity index (χ0) is 25.6. The highest BCUT2D eigenvalue weighted by molar-refractivity contribution is 6.35. The maximum Gasteiger partial charge on any atom is 0.235 e. The smallest absolute Gasteiger partial charge is 0.235 e. The van der Waals surface area contributed by atoms with Crippen molar-refractivity contribution in [2.75, 3.05) is 48.9 Å². The molecule has 1 amide bonds. The van der Waals surface area contributed by atoms with Crippen LogP contribution in [-0.2, 0) is 14.9 Å². The van der Waals surface area contributed by atoms with Crippen LogP contribution in [0.15, 0.2) is 24.5 Å². The highest BCUT2D eigenvalue weighted by atomic mass is 35.5. The number of carbonyl (C=O) groups is 1.